The van der Waals surface area contributed by atoms with E-state index < -0.39 is 17.4 Å². The highest BCUT2D eigenvalue weighted by molar-refractivity contribution is 5.69. The first kappa shape index (κ1) is 16.0. The summed E-state index contributed by atoms with van der Waals surface area (Å²) in [5.74, 6) is -0.849. The van der Waals surface area contributed by atoms with Gasteiger partial charge < -0.3 is 10.2 Å². The second-order valence-electron chi connectivity index (χ2n) is 6.31. The summed E-state index contributed by atoms with van der Waals surface area (Å²) in [6, 6.07) is 0. The normalized spacial score (nSPS) is 21.6. The molecule has 0 spiro atoms. The van der Waals surface area contributed by atoms with Gasteiger partial charge in [-0.2, -0.15) is 0 Å². The number of carbonyl (C=O) groups is 2. The molecule has 4 heteroatoms. The van der Waals surface area contributed by atoms with Gasteiger partial charge in [-0.25, -0.2) is 0 Å². The Morgan fingerprint density at radius 2 is 1.74 bits per heavy atom. The molecular formula is C15H26O4. The van der Waals surface area contributed by atoms with Crippen LogP contribution in [0.4, 0.5) is 0 Å². The van der Waals surface area contributed by atoms with Crippen molar-refractivity contribution in [2.75, 3.05) is 0 Å². The maximum Gasteiger partial charge on any atom is 0.303 e. The van der Waals surface area contributed by atoms with Crippen molar-refractivity contribution < 1.29 is 19.8 Å². The molecule has 0 heterocycles. The van der Waals surface area contributed by atoms with Gasteiger partial charge in [-0.3, -0.25) is 9.59 Å². The molecule has 0 aromatic heterocycles. The van der Waals surface area contributed by atoms with Gasteiger partial charge in [0, 0.05) is 6.42 Å². The summed E-state index contributed by atoms with van der Waals surface area (Å²) in [7, 11) is 0. The van der Waals surface area contributed by atoms with E-state index in [1.54, 1.807) is 0 Å². The molecule has 0 saturated heterocycles. The van der Waals surface area contributed by atoms with E-state index in [1.807, 2.05) is 6.92 Å². The molecule has 0 aromatic carbocycles. The van der Waals surface area contributed by atoms with E-state index in [-0.39, 0.29) is 18.8 Å². The number of hydrogen-bond acceptors (Lipinski definition) is 2. The average Bonchev–Trinajstić information content (AvgIpc) is 2.36. The fourth-order valence-corrected chi connectivity index (χ4v) is 3.42. The fraction of sp³-hybridized carbons (Fsp3) is 0.867. The molecule has 1 rings (SSSR count). The van der Waals surface area contributed by atoms with E-state index in [0.717, 1.165) is 12.8 Å². The summed E-state index contributed by atoms with van der Waals surface area (Å²) in [4.78, 5) is 21.9. The highest BCUT2D eigenvalue weighted by atomic mass is 16.4. The molecule has 1 saturated carbocycles. The van der Waals surface area contributed by atoms with Crippen LogP contribution in [0.3, 0.4) is 0 Å². The van der Waals surface area contributed by atoms with Crippen LogP contribution in [0, 0.1) is 17.3 Å². The molecule has 0 unspecified atom stereocenters. The first-order chi connectivity index (χ1) is 8.85. The highest BCUT2D eigenvalue weighted by Gasteiger charge is 2.38. The summed E-state index contributed by atoms with van der Waals surface area (Å²) in [5.41, 5.74) is -0.410. The van der Waals surface area contributed by atoms with Crippen LogP contribution in [0.15, 0.2) is 0 Å². The molecule has 0 aliphatic heterocycles. The molecule has 0 aromatic rings. The van der Waals surface area contributed by atoms with Crippen LogP contribution in [-0.2, 0) is 9.59 Å². The second-order valence-corrected chi connectivity index (χ2v) is 6.31. The van der Waals surface area contributed by atoms with Crippen LogP contribution in [0.1, 0.15) is 65.2 Å². The minimum atomic E-state index is -0.840. The quantitative estimate of drug-likeness (QED) is 0.742. The van der Waals surface area contributed by atoms with Gasteiger partial charge in [0.25, 0.3) is 0 Å². The van der Waals surface area contributed by atoms with Gasteiger partial charge in [0.05, 0.1) is 6.42 Å². The fourth-order valence-electron chi connectivity index (χ4n) is 3.42. The summed E-state index contributed by atoms with van der Waals surface area (Å²) >= 11 is 0. The smallest absolute Gasteiger partial charge is 0.303 e. The minimum absolute atomic E-state index is 0.0564. The molecule has 1 fully saturated rings. The number of carboxylic acids is 2. The lowest BCUT2D eigenvalue weighted by molar-refractivity contribution is -0.143. The SMILES string of the molecule is C[C@@H](C1CCCCC1)[C@@](C)(CCC(=O)O)CC(=O)O. The zero-order chi connectivity index (χ0) is 14.5. The topological polar surface area (TPSA) is 74.6 Å². The predicted molar refractivity (Wildman–Crippen MR) is 73.0 cm³/mol. The van der Waals surface area contributed by atoms with Gasteiger partial charge in [0.15, 0.2) is 0 Å². The zero-order valence-corrected chi connectivity index (χ0v) is 12.0. The van der Waals surface area contributed by atoms with Gasteiger partial charge in [-0.1, -0.05) is 46.0 Å². The van der Waals surface area contributed by atoms with Crippen molar-refractivity contribution in [1.82, 2.24) is 0 Å². The van der Waals surface area contributed by atoms with Crippen molar-refractivity contribution >= 4 is 11.9 Å². The van der Waals surface area contributed by atoms with Crippen LogP contribution >= 0.6 is 0 Å². The van der Waals surface area contributed by atoms with Crippen LogP contribution in [0.2, 0.25) is 0 Å². The largest absolute Gasteiger partial charge is 0.481 e. The maximum absolute atomic E-state index is 11.1. The van der Waals surface area contributed by atoms with E-state index in [0.29, 0.717) is 12.3 Å². The lowest BCUT2D eigenvalue weighted by Gasteiger charge is -2.40. The third-order valence-electron chi connectivity index (χ3n) is 4.92. The maximum atomic E-state index is 11.1. The third-order valence-corrected chi connectivity index (χ3v) is 4.92. The van der Waals surface area contributed by atoms with Gasteiger partial charge >= 0.3 is 11.9 Å². The lowest BCUT2D eigenvalue weighted by Crippen LogP contribution is -2.35. The molecule has 2 atom stereocenters. The zero-order valence-electron chi connectivity index (χ0n) is 12.0. The summed E-state index contributed by atoms with van der Waals surface area (Å²) < 4.78 is 0. The Labute approximate surface area is 115 Å². The molecule has 110 valence electrons. The van der Waals surface area contributed by atoms with Crippen molar-refractivity contribution in [3.05, 3.63) is 0 Å². The molecular weight excluding hydrogens is 244 g/mol. The molecule has 1 aliphatic rings. The Kier molecular flexibility index (Phi) is 5.83. The highest BCUT2D eigenvalue weighted by Crippen LogP contribution is 2.44. The van der Waals surface area contributed by atoms with Crippen molar-refractivity contribution in [2.24, 2.45) is 17.3 Å². The van der Waals surface area contributed by atoms with E-state index in [9.17, 15) is 9.59 Å². The Balaban J connectivity index is 2.74. The Bertz CT molecular complexity index is 320. The first-order valence-corrected chi connectivity index (χ1v) is 7.29. The van der Waals surface area contributed by atoms with Gasteiger partial charge in [0.1, 0.15) is 0 Å². The van der Waals surface area contributed by atoms with Crippen molar-refractivity contribution in [3.8, 4) is 0 Å². The summed E-state index contributed by atoms with van der Waals surface area (Å²) in [5, 5.41) is 18.0. The number of aliphatic carboxylic acids is 2. The number of carboxylic acid groups (broad SMARTS) is 2. The van der Waals surface area contributed by atoms with Crippen LogP contribution < -0.4 is 0 Å². The third kappa shape index (κ3) is 4.84. The average molecular weight is 270 g/mol. The second kappa shape index (κ2) is 6.92. The monoisotopic (exact) mass is 270 g/mol. The van der Waals surface area contributed by atoms with Crippen LogP contribution in [0.25, 0.3) is 0 Å². The van der Waals surface area contributed by atoms with E-state index >= 15 is 0 Å². The van der Waals surface area contributed by atoms with E-state index in [1.165, 1.54) is 19.3 Å². The molecule has 19 heavy (non-hydrogen) atoms. The standard InChI is InChI=1S/C15H26O4/c1-11(12-6-4-3-5-7-12)15(2,10-14(18)19)9-8-13(16)17/h11-12H,3-10H2,1-2H3,(H,16,17)(H,18,19)/t11-,15-/m0/s1. The minimum Gasteiger partial charge on any atom is -0.481 e. The van der Waals surface area contributed by atoms with Crippen molar-refractivity contribution in [3.63, 3.8) is 0 Å². The Morgan fingerprint density at radius 1 is 1.16 bits per heavy atom. The molecule has 4 nitrogen and oxygen atoms in total. The molecule has 0 amide bonds. The lowest BCUT2D eigenvalue weighted by atomic mass is 9.64. The summed E-state index contributed by atoms with van der Waals surface area (Å²) in [6.45, 7) is 4.06. The van der Waals surface area contributed by atoms with Crippen LogP contribution in [-0.4, -0.2) is 22.2 Å². The summed E-state index contributed by atoms with van der Waals surface area (Å²) in [6.07, 6.45) is 6.60. The van der Waals surface area contributed by atoms with Gasteiger partial charge in [0.2, 0.25) is 0 Å². The molecule has 0 bridgehead atoms. The Hall–Kier alpha value is -1.06. The van der Waals surface area contributed by atoms with Gasteiger partial charge in [-0.05, 0) is 23.7 Å². The predicted octanol–water partition coefficient (Wildman–Crippen LogP) is 3.55. The van der Waals surface area contributed by atoms with Crippen molar-refractivity contribution in [1.29, 1.82) is 0 Å². The van der Waals surface area contributed by atoms with E-state index in [4.69, 9.17) is 10.2 Å². The first-order valence-electron chi connectivity index (χ1n) is 7.29. The van der Waals surface area contributed by atoms with Gasteiger partial charge in [-0.15, -0.1) is 0 Å². The number of hydrogen-bond donors (Lipinski definition) is 2. The number of rotatable bonds is 7. The molecule has 1 aliphatic carbocycles. The van der Waals surface area contributed by atoms with Crippen molar-refractivity contribution in [2.45, 2.75) is 65.2 Å². The Morgan fingerprint density at radius 3 is 2.21 bits per heavy atom. The molecule has 0 radical (unpaired) electrons. The molecule has 2 N–H and O–H groups in total. The van der Waals surface area contributed by atoms with E-state index in [2.05, 4.69) is 6.92 Å². The van der Waals surface area contributed by atoms with Crippen LogP contribution in [0.5, 0.6) is 0 Å².